The normalized spacial score (nSPS) is 12.6. The van der Waals surface area contributed by atoms with E-state index in [-0.39, 0.29) is 11.9 Å². The average molecular weight is 603 g/mol. The van der Waals surface area contributed by atoms with Gasteiger partial charge in [0.25, 0.3) is 0 Å². The summed E-state index contributed by atoms with van der Waals surface area (Å²) < 4.78 is 0. The van der Waals surface area contributed by atoms with Crippen molar-refractivity contribution in [2.75, 3.05) is 31.7 Å². The quantitative estimate of drug-likeness (QED) is 0.0452. The first-order valence-corrected chi connectivity index (χ1v) is 13.0. The largest absolute Gasteiger partial charge is 0.480 e. The molecule has 40 heavy (non-hydrogen) atoms. The van der Waals surface area contributed by atoms with Gasteiger partial charge in [-0.05, 0) is 44.1 Å². The maximum atomic E-state index is 10.2. The van der Waals surface area contributed by atoms with E-state index < -0.39 is 54.7 Å². The van der Waals surface area contributed by atoms with Gasteiger partial charge in [0.2, 0.25) is 0 Å². The average Bonchev–Trinajstić information content (AvgIpc) is 2.87. The number of guanidine groups is 2. The fraction of sp³-hybridized carbons (Fsp3) is 0.700. The lowest BCUT2D eigenvalue weighted by atomic mass is 10.2. The summed E-state index contributed by atoms with van der Waals surface area (Å²) >= 11 is 1.60. The Bertz CT molecular complexity index is 712. The second kappa shape index (κ2) is 28.6. The van der Waals surface area contributed by atoms with Gasteiger partial charge in [0.05, 0.1) is 6.61 Å². The molecule has 0 spiro atoms. The zero-order valence-electron chi connectivity index (χ0n) is 22.4. The van der Waals surface area contributed by atoms with Crippen molar-refractivity contribution in [1.82, 2.24) is 10.6 Å². The third-order valence-corrected chi connectivity index (χ3v) is 4.76. The first-order chi connectivity index (χ1) is 18.4. The van der Waals surface area contributed by atoms with Gasteiger partial charge >= 0.3 is 23.9 Å². The maximum Gasteiger partial charge on any atom is 0.322 e. The Kier molecular flexibility index (Phi) is 31.2. The number of nitrogens with two attached hydrogens (primary N) is 6. The van der Waals surface area contributed by atoms with Crippen molar-refractivity contribution in [3.8, 4) is 0 Å². The summed E-state index contributed by atoms with van der Waals surface area (Å²) in [6.07, 6.45) is 4.43. The van der Waals surface area contributed by atoms with E-state index in [0.717, 1.165) is 5.75 Å². The number of carbonyl (C=O) groups is 4. The molecule has 0 saturated heterocycles. The zero-order valence-corrected chi connectivity index (χ0v) is 23.2. The van der Waals surface area contributed by atoms with E-state index in [1.807, 2.05) is 6.26 Å². The number of nitrogens with one attached hydrogen (secondary N) is 4. The van der Waals surface area contributed by atoms with Gasteiger partial charge in [-0.15, -0.1) is 0 Å². The molecular formula is C20H46N10O9S. The van der Waals surface area contributed by atoms with Gasteiger partial charge in [-0.25, -0.2) is 0 Å². The Morgan fingerprint density at radius 2 is 0.975 bits per heavy atom. The Balaban J connectivity index is -0.000000221. The third-order valence-electron chi connectivity index (χ3n) is 4.11. The molecule has 19 nitrogen and oxygen atoms in total. The molecule has 0 rings (SSSR count). The number of rotatable bonds is 16. The molecule has 0 amide bonds. The van der Waals surface area contributed by atoms with Crippen LogP contribution in [-0.4, -0.2) is 117 Å². The lowest BCUT2D eigenvalue weighted by Crippen LogP contribution is -2.34. The summed E-state index contributed by atoms with van der Waals surface area (Å²) in [4.78, 5) is 40.1. The molecule has 0 aromatic heterocycles. The van der Waals surface area contributed by atoms with Crippen LogP contribution in [0.5, 0.6) is 0 Å². The standard InChI is InChI=1S/2C6H14N4O2.C5H11NO2S.C3H7NO3/c2*7-4(5(11)12)2-1-3-10-6(8)9;1-9-3-2-4(6)5(7)8;4-2(1-5)3(6)7/h2*4H,1-3,7H2,(H,11,12)(H4,8,9,10);4H,2-3,6H2,1H3,(H,7,8);2,5H,1,4H2,(H,6,7). The van der Waals surface area contributed by atoms with Crippen LogP contribution in [0.25, 0.3) is 0 Å². The van der Waals surface area contributed by atoms with Crippen LogP contribution in [0, 0.1) is 10.8 Å². The Morgan fingerprint density at radius 1 is 0.675 bits per heavy atom. The number of thioether (sulfide) groups is 1. The summed E-state index contributed by atoms with van der Waals surface area (Å²) in [5.41, 5.74) is 30.4. The molecule has 20 heteroatoms. The second-order valence-electron chi connectivity index (χ2n) is 7.71. The molecule has 0 saturated carbocycles. The smallest absolute Gasteiger partial charge is 0.322 e. The predicted octanol–water partition coefficient (Wildman–Crippen LogP) is -4.13. The lowest BCUT2D eigenvalue weighted by Gasteiger charge is -2.06. The summed E-state index contributed by atoms with van der Waals surface area (Å²) in [6, 6.07) is -3.45. The molecule has 0 fully saturated rings. The monoisotopic (exact) mass is 602 g/mol. The van der Waals surface area contributed by atoms with Gasteiger partial charge in [-0.1, -0.05) is 0 Å². The molecule has 0 aliphatic rings. The Labute approximate surface area is 236 Å². The highest BCUT2D eigenvalue weighted by molar-refractivity contribution is 7.98. The van der Waals surface area contributed by atoms with Gasteiger partial charge in [0.1, 0.15) is 24.2 Å². The lowest BCUT2D eigenvalue weighted by molar-refractivity contribution is -0.140. The number of aliphatic hydroxyl groups excluding tert-OH is 1. The van der Waals surface area contributed by atoms with Crippen LogP contribution in [0.3, 0.4) is 0 Å². The summed E-state index contributed by atoms with van der Waals surface area (Å²) in [5.74, 6) is -3.51. The van der Waals surface area contributed by atoms with Crippen molar-refractivity contribution in [2.45, 2.75) is 56.3 Å². The minimum Gasteiger partial charge on any atom is -0.480 e. The molecule has 0 aliphatic carbocycles. The van der Waals surface area contributed by atoms with Crippen molar-refractivity contribution in [1.29, 1.82) is 10.8 Å². The van der Waals surface area contributed by atoms with Gasteiger partial charge in [-0.2, -0.15) is 11.8 Å². The molecule has 0 aromatic carbocycles. The van der Waals surface area contributed by atoms with Crippen LogP contribution in [0.2, 0.25) is 0 Å². The van der Waals surface area contributed by atoms with Crippen LogP contribution in [-0.2, 0) is 19.2 Å². The number of carboxylic acid groups (broad SMARTS) is 4. The van der Waals surface area contributed by atoms with Gasteiger partial charge < -0.3 is 70.6 Å². The minimum atomic E-state index is -1.18. The predicted molar refractivity (Wildman–Crippen MR) is 151 cm³/mol. The molecule has 0 radical (unpaired) electrons. The third kappa shape index (κ3) is 36.7. The molecular weight excluding hydrogens is 556 g/mol. The summed E-state index contributed by atoms with van der Waals surface area (Å²) in [7, 11) is 0. The van der Waals surface area contributed by atoms with Crippen LogP contribution in [0.4, 0.5) is 0 Å². The fourth-order valence-electron chi connectivity index (χ4n) is 1.78. The number of hydrogen-bond acceptors (Lipinski definition) is 12. The highest BCUT2D eigenvalue weighted by Crippen LogP contribution is 1.98. The first kappa shape index (κ1) is 43.6. The van der Waals surface area contributed by atoms with Crippen LogP contribution < -0.4 is 45.0 Å². The van der Waals surface area contributed by atoms with E-state index in [2.05, 4.69) is 10.6 Å². The van der Waals surface area contributed by atoms with Crippen LogP contribution >= 0.6 is 11.8 Å². The van der Waals surface area contributed by atoms with Gasteiger partial charge in [0, 0.05) is 13.1 Å². The van der Waals surface area contributed by atoms with Crippen molar-refractivity contribution < 1.29 is 44.7 Å². The van der Waals surface area contributed by atoms with E-state index in [9.17, 15) is 19.2 Å². The molecule has 21 N–H and O–H groups in total. The molecule has 4 atom stereocenters. The highest BCUT2D eigenvalue weighted by atomic mass is 32.2. The van der Waals surface area contributed by atoms with E-state index >= 15 is 0 Å². The highest BCUT2D eigenvalue weighted by Gasteiger charge is 2.11. The van der Waals surface area contributed by atoms with Crippen molar-refractivity contribution in [2.24, 2.45) is 34.4 Å². The van der Waals surface area contributed by atoms with Crippen LogP contribution in [0.1, 0.15) is 32.1 Å². The summed E-state index contributed by atoms with van der Waals surface area (Å²) in [6.45, 7) is 0.460. The molecule has 0 aliphatic heterocycles. The van der Waals surface area contributed by atoms with Gasteiger partial charge in [-0.3, -0.25) is 30.0 Å². The van der Waals surface area contributed by atoms with Crippen molar-refractivity contribution >= 4 is 47.6 Å². The van der Waals surface area contributed by atoms with E-state index in [0.29, 0.717) is 45.2 Å². The van der Waals surface area contributed by atoms with Crippen LogP contribution in [0.15, 0.2) is 0 Å². The number of aliphatic hydroxyl groups is 1. The van der Waals surface area contributed by atoms with E-state index in [4.69, 9.17) is 70.8 Å². The SMILES string of the molecule is CSCCC(N)C(=O)O.N=C(N)NCCCC(N)C(=O)O.N=C(N)NCCCC(N)C(=O)O.NC(CO)C(=O)O. The molecule has 4 unspecified atom stereocenters. The molecule has 0 aromatic rings. The van der Waals surface area contributed by atoms with E-state index in [1.165, 1.54) is 0 Å². The maximum absolute atomic E-state index is 10.2. The topological polar surface area (TPSA) is 397 Å². The Morgan fingerprint density at radius 3 is 1.18 bits per heavy atom. The number of carboxylic acids is 4. The second-order valence-corrected chi connectivity index (χ2v) is 8.69. The van der Waals surface area contributed by atoms with Crippen molar-refractivity contribution in [3.63, 3.8) is 0 Å². The molecule has 0 heterocycles. The molecule has 0 bridgehead atoms. The van der Waals surface area contributed by atoms with E-state index in [1.54, 1.807) is 11.8 Å². The Hall–Kier alpha value is -3.43. The number of aliphatic carboxylic acids is 4. The first-order valence-electron chi connectivity index (χ1n) is 11.6. The zero-order chi connectivity index (χ0) is 32.3. The molecule has 236 valence electrons. The van der Waals surface area contributed by atoms with Crippen molar-refractivity contribution in [3.05, 3.63) is 0 Å². The number of hydrogen-bond donors (Lipinski definition) is 15. The summed E-state index contributed by atoms with van der Waals surface area (Å²) in [5, 5.41) is 59.6. The van der Waals surface area contributed by atoms with Gasteiger partial charge in [0.15, 0.2) is 11.9 Å². The minimum absolute atomic E-state index is 0.112. The fourth-order valence-corrected chi connectivity index (χ4v) is 2.27.